The van der Waals surface area contributed by atoms with Crippen molar-refractivity contribution in [3.8, 4) is 46.3 Å². The molecule has 4 aromatic carbocycles. The van der Waals surface area contributed by atoms with Gasteiger partial charge in [0.25, 0.3) is 0 Å². The molecule has 2 amide bonds. The molecule has 7 rings (SSSR count). The van der Waals surface area contributed by atoms with Crippen molar-refractivity contribution in [2.45, 2.75) is 6.92 Å². The first-order valence-corrected chi connectivity index (χ1v) is 15.8. The van der Waals surface area contributed by atoms with Crippen LogP contribution >= 0.6 is 0 Å². The lowest BCUT2D eigenvalue weighted by Crippen LogP contribution is -2.19. The van der Waals surface area contributed by atoms with Gasteiger partial charge in [0.2, 0.25) is 11.8 Å². The van der Waals surface area contributed by atoms with Crippen molar-refractivity contribution in [1.29, 1.82) is 0 Å². The summed E-state index contributed by atoms with van der Waals surface area (Å²) in [4.78, 5) is 29.0. The SMILES string of the molecule is COc1cc2ncnc(Oc3ccc(N)cc3)c2cc1OC.COc1cc2ncnc(Oc3ccc(NC(=O)Nc4cc(C)on4)cc3)c2cc1OC. The number of carbonyl (C=O) groups excluding carboxylic acids is 1. The molecule has 0 bridgehead atoms. The number of nitrogens with one attached hydrogen (secondary N) is 2. The number of hydrogen-bond donors (Lipinski definition) is 3. The van der Waals surface area contributed by atoms with Crippen LogP contribution in [0.5, 0.6) is 46.3 Å². The van der Waals surface area contributed by atoms with Gasteiger partial charge in [0.15, 0.2) is 28.8 Å². The van der Waals surface area contributed by atoms with E-state index in [1.54, 1.807) is 114 Å². The van der Waals surface area contributed by atoms with Gasteiger partial charge >= 0.3 is 6.03 Å². The molecule has 16 nitrogen and oxygen atoms in total. The van der Waals surface area contributed by atoms with E-state index < -0.39 is 6.03 Å². The van der Waals surface area contributed by atoms with Crippen molar-refractivity contribution in [1.82, 2.24) is 25.1 Å². The summed E-state index contributed by atoms with van der Waals surface area (Å²) in [7, 11) is 6.27. The third kappa shape index (κ3) is 8.51. The molecule has 3 aromatic heterocycles. The van der Waals surface area contributed by atoms with Crippen LogP contribution in [0.1, 0.15) is 5.76 Å². The lowest BCUT2D eigenvalue weighted by atomic mass is 10.2. The Kier molecular flexibility index (Phi) is 10.8. The van der Waals surface area contributed by atoms with Gasteiger partial charge in [0, 0.05) is 29.6 Å². The number of aryl methyl sites for hydroxylation is 1. The van der Waals surface area contributed by atoms with Crippen LogP contribution in [0.25, 0.3) is 21.8 Å². The highest BCUT2D eigenvalue weighted by Crippen LogP contribution is 2.37. The van der Waals surface area contributed by atoms with Crippen molar-refractivity contribution >= 4 is 45.0 Å². The maximum Gasteiger partial charge on any atom is 0.324 e. The number of nitrogens with zero attached hydrogens (tertiary/aromatic N) is 5. The van der Waals surface area contributed by atoms with Gasteiger partial charge in [0.1, 0.15) is 29.9 Å². The molecule has 0 aliphatic carbocycles. The number of aromatic nitrogens is 5. The lowest BCUT2D eigenvalue weighted by Gasteiger charge is -2.12. The fourth-order valence-corrected chi connectivity index (χ4v) is 4.95. The van der Waals surface area contributed by atoms with Gasteiger partial charge in [-0.2, -0.15) is 0 Å². The monoisotopic (exact) mass is 718 g/mol. The number of nitrogens with two attached hydrogens (primary N) is 1. The molecule has 0 atom stereocenters. The number of ether oxygens (including phenoxy) is 6. The summed E-state index contributed by atoms with van der Waals surface area (Å²) in [6.07, 6.45) is 2.86. The van der Waals surface area contributed by atoms with Crippen molar-refractivity contribution in [3.05, 3.63) is 97.3 Å². The Hall–Kier alpha value is -7.36. The molecule has 16 heteroatoms. The molecule has 0 aliphatic rings. The van der Waals surface area contributed by atoms with Crippen LogP contribution in [-0.2, 0) is 0 Å². The summed E-state index contributed by atoms with van der Waals surface area (Å²) < 4.78 is 37.9. The molecule has 270 valence electrons. The minimum absolute atomic E-state index is 0.331. The number of fused-ring (bicyclic) bond motifs is 2. The van der Waals surface area contributed by atoms with E-state index in [2.05, 4.69) is 35.7 Å². The fourth-order valence-electron chi connectivity index (χ4n) is 4.95. The summed E-state index contributed by atoms with van der Waals surface area (Å²) in [5.74, 6) is 5.22. The summed E-state index contributed by atoms with van der Waals surface area (Å²) >= 11 is 0. The number of methoxy groups -OCH3 is 4. The second-order valence-electron chi connectivity index (χ2n) is 11.0. The van der Waals surface area contributed by atoms with E-state index in [4.69, 9.17) is 38.7 Å². The quantitative estimate of drug-likeness (QED) is 0.118. The van der Waals surface area contributed by atoms with Gasteiger partial charge in [-0.1, -0.05) is 5.16 Å². The Bertz CT molecular complexity index is 2350. The summed E-state index contributed by atoms with van der Waals surface area (Å²) in [5, 5.41) is 10.4. The molecule has 4 N–H and O–H groups in total. The summed E-state index contributed by atoms with van der Waals surface area (Å²) in [5.41, 5.74) is 8.27. The number of rotatable bonds is 10. The van der Waals surface area contributed by atoms with E-state index in [1.807, 2.05) is 0 Å². The van der Waals surface area contributed by atoms with Gasteiger partial charge in [0.05, 0.1) is 50.2 Å². The minimum Gasteiger partial charge on any atom is -0.493 e. The third-order valence-electron chi connectivity index (χ3n) is 7.50. The molecule has 53 heavy (non-hydrogen) atoms. The Labute approximate surface area is 302 Å². The average Bonchev–Trinajstić information content (AvgIpc) is 3.59. The van der Waals surface area contributed by atoms with Gasteiger partial charge < -0.3 is 44.0 Å². The van der Waals surface area contributed by atoms with Crippen LogP contribution in [0.4, 0.5) is 22.0 Å². The van der Waals surface area contributed by atoms with Crippen LogP contribution in [0, 0.1) is 6.92 Å². The van der Waals surface area contributed by atoms with Gasteiger partial charge in [-0.3, -0.25) is 5.32 Å². The van der Waals surface area contributed by atoms with Crippen molar-refractivity contribution in [3.63, 3.8) is 0 Å². The fraction of sp³-hybridized carbons (Fsp3) is 0.135. The van der Waals surface area contributed by atoms with Gasteiger partial charge in [-0.05, 0) is 67.6 Å². The van der Waals surface area contributed by atoms with Crippen LogP contribution < -0.4 is 44.8 Å². The summed E-state index contributed by atoms with van der Waals surface area (Å²) in [6.45, 7) is 1.74. The van der Waals surface area contributed by atoms with Crippen LogP contribution in [0.15, 0.2) is 96.0 Å². The third-order valence-corrected chi connectivity index (χ3v) is 7.50. The average molecular weight is 719 g/mol. The second kappa shape index (κ2) is 16.1. The second-order valence-corrected chi connectivity index (χ2v) is 11.0. The first-order valence-electron chi connectivity index (χ1n) is 15.8. The Morgan fingerprint density at radius 3 is 1.55 bits per heavy atom. The van der Waals surface area contributed by atoms with Crippen molar-refractivity contribution in [2.24, 2.45) is 0 Å². The maximum absolute atomic E-state index is 12.1. The number of urea groups is 1. The number of carbonyl (C=O) groups is 1. The normalized spacial score (nSPS) is 10.5. The molecule has 0 radical (unpaired) electrons. The largest absolute Gasteiger partial charge is 0.493 e. The molecule has 0 fully saturated rings. The lowest BCUT2D eigenvalue weighted by molar-refractivity contribution is 0.262. The molecular weight excluding hydrogens is 684 g/mol. The van der Waals surface area contributed by atoms with Crippen LogP contribution in [0.3, 0.4) is 0 Å². The molecule has 0 saturated carbocycles. The zero-order valence-electron chi connectivity index (χ0n) is 29.2. The first-order chi connectivity index (χ1) is 25.8. The molecular formula is C37H34N8O8. The van der Waals surface area contributed by atoms with E-state index in [0.29, 0.717) is 85.6 Å². The zero-order chi connectivity index (χ0) is 37.3. The van der Waals surface area contributed by atoms with Crippen molar-refractivity contribution in [2.75, 3.05) is 44.8 Å². The molecule has 0 saturated heterocycles. The standard InChI is InChI=1S/C21H19N5O5.C16H15N3O3/c1-12-8-19(26-31-12)25-21(27)24-13-4-6-14(7-5-13)30-20-15-9-17(28-2)18(29-3)10-16(15)22-11-23-20;1-20-14-7-12-13(8-15(14)21-2)18-9-19-16(12)22-11-5-3-10(17)4-6-11/h4-11H,1-3H3,(H2,24,25,26,27);3-9H,17H2,1-2H3. The number of benzene rings is 4. The highest BCUT2D eigenvalue weighted by molar-refractivity contribution is 5.99. The number of anilines is 3. The predicted octanol–water partition coefficient (Wildman–Crippen LogP) is 7.40. The smallest absolute Gasteiger partial charge is 0.324 e. The molecule has 0 aliphatic heterocycles. The molecule has 0 unspecified atom stereocenters. The van der Waals surface area contributed by atoms with Gasteiger partial charge in [-0.15, -0.1) is 0 Å². The molecule has 7 aromatic rings. The first kappa shape index (κ1) is 35.5. The predicted molar refractivity (Wildman–Crippen MR) is 197 cm³/mol. The Morgan fingerprint density at radius 2 is 1.09 bits per heavy atom. The highest BCUT2D eigenvalue weighted by Gasteiger charge is 2.14. The topological polar surface area (TPSA) is 200 Å². The molecule has 0 spiro atoms. The maximum atomic E-state index is 12.1. The van der Waals surface area contributed by atoms with E-state index in [0.717, 1.165) is 5.39 Å². The van der Waals surface area contributed by atoms with Gasteiger partial charge in [-0.25, -0.2) is 24.7 Å². The Balaban J connectivity index is 0.000000192. The van der Waals surface area contributed by atoms with E-state index >= 15 is 0 Å². The zero-order valence-corrected chi connectivity index (χ0v) is 29.2. The number of amides is 2. The molecule has 3 heterocycles. The van der Waals surface area contributed by atoms with Crippen LogP contribution in [0.2, 0.25) is 0 Å². The number of hydrogen-bond acceptors (Lipinski definition) is 14. The number of nitrogen functional groups attached to an aromatic ring is 1. The van der Waals surface area contributed by atoms with E-state index in [9.17, 15) is 4.79 Å². The minimum atomic E-state index is -0.440. The van der Waals surface area contributed by atoms with Crippen LogP contribution in [-0.4, -0.2) is 59.6 Å². The van der Waals surface area contributed by atoms with E-state index in [1.165, 1.54) is 12.7 Å². The Morgan fingerprint density at radius 1 is 0.623 bits per heavy atom. The summed E-state index contributed by atoms with van der Waals surface area (Å²) in [6, 6.07) is 22.2. The van der Waals surface area contributed by atoms with E-state index in [-0.39, 0.29) is 0 Å². The van der Waals surface area contributed by atoms with Crippen molar-refractivity contribution < 1.29 is 37.7 Å². The highest BCUT2D eigenvalue weighted by atomic mass is 16.5.